The van der Waals surface area contributed by atoms with E-state index in [0.717, 1.165) is 0 Å². The molecule has 0 aliphatic heterocycles. The summed E-state index contributed by atoms with van der Waals surface area (Å²) in [5, 5.41) is 6.96. The molecule has 0 saturated carbocycles. The van der Waals surface area contributed by atoms with Crippen molar-refractivity contribution in [2.45, 2.75) is 13.5 Å². The van der Waals surface area contributed by atoms with Gasteiger partial charge in [0.25, 0.3) is 5.91 Å². The number of thiazole rings is 1. The van der Waals surface area contributed by atoms with Crippen LogP contribution in [0.25, 0.3) is 5.65 Å². The van der Waals surface area contributed by atoms with E-state index in [1.807, 2.05) is 6.07 Å². The molecule has 3 heterocycles. The van der Waals surface area contributed by atoms with E-state index in [1.165, 1.54) is 20.4 Å². The highest BCUT2D eigenvalue weighted by Crippen LogP contribution is 2.11. The van der Waals surface area contributed by atoms with Crippen LogP contribution < -0.4 is 11.0 Å². The predicted molar refractivity (Wildman–Crippen MR) is 78.6 cm³/mol. The van der Waals surface area contributed by atoms with E-state index in [9.17, 15) is 9.59 Å². The molecule has 0 aromatic carbocycles. The second-order valence-electron chi connectivity index (χ2n) is 4.46. The fraction of sp³-hybridized carbons (Fsp3) is 0.231. The van der Waals surface area contributed by atoms with E-state index < -0.39 is 0 Å². The molecule has 0 aliphatic carbocycles. The first-order valence-electron chi connectivity index (χ1n) is 6.39. The molecule has 1 N–H and O–H groups in total. The van der Waals surface area contributed by atoms with Crippen LogP contribution in [0.1, 0.15) is 15.4 Å². The Bertz CT molecular complexity index is 847. The Morgan fingerprint density at radius 2 is 2.29 bits per heavy atom. The maximum Gasteiger partial charge on any atom is 0.350 e. The van der Waals surface area contributed by atoms with Gasteiger partial charge in [0.2, 0.25) is 0 Å². The van der Waals surface area contributed by atoms with E-state index in [4.69, 9.17) is 0 Å². The molecular weight excluding hydrogens is 290 g/mol. The van der Waals surface area contributed by atoms with Crippen LogP contribution in [0, 0.1) is 6.92 Å². The maximum absolute atomic E-state index is 12.0. The lowest BCUT2D eigenvalue weighted by atomic mass is 10.4. The maximum atomic E-state index is 12.0. The number of hydrogen-bond donors (Lipinski definition) is 1. The molecule has 0 saturated heterocycles. The van der Waals surface area contributed by atoms with Gasteiger partial charge in [-0.15, -0.1) is 16.4 Å². The summed E-state index contributed by atoms with van der Waals surface area (Å²) in [5.74, 6) is -0.174. The zero-order valence-corrected chi connectivity index (χ0v) is 12.1. The Labute approximate surface area is 123 Å². The van der Waals surface area contributed by atoms with E-state index in [0.29, 0.717) is 29.3 Å². The van der Waals surface area contributed by atoms with E-state index in [-0.39, 0.29) is 11.6 Å². The van der Waals surface area contributed by atoms with Crippen molar-refractivity contribution in [3.63, 3.8) is 0 Å². The van der Waals surface area contributed by atoms with Gasteiger partial charge in [0.15, 0.2) is 5.65 Å². The highest BCUT2D eigenvalue weighted by Gasteiger charge is 2.11. The lowest BCUT2D eigenvalue weighted by Gasteiger charge is -2.03. The number of amides is 1. The van der Waals surface area contributed by atoms with Crippen LogP contribution in [-0.4, -0.2) is 31.6 Å². The van der Waals surface area contributed by atoms with Crippen molar-refractivity contribution >= 4 is 22.9 Å². The van der Waals surface area contributed by atoms with Crippen LogP contribution in [-0.2, 0) is 6.54 Å². The molecule has 0 unspecified atom stereocenters. The molecule has 0 aliphatic rings. The predicted octanol–water partition coefficient (Wildman–Crippen LogP) is 0.691. The molecule has 1 amide bonds. The van der Waals surface area contributed by atoms with Crippen molar-refractivity contribution in [2.75, 3.05) is 6.54 Å². The van der Waals surface area contributed by atoms with Gasteiger partial charge in [-0.1, -0.05) is 6.07 Å². The van der Waals surface area contributed by atoms with Gasteiger partial charge in [-0.3, -0.25) is 9.20 Å². The molecule has 3 aromatic heterocycles. The van der Waals surface area contributed by atoms with Crippen LogP contribution in [0.4, 0.5) is 0 Å². The van der Waals surface area contributed by atoms with Crippen LogP contribution in [0.5, 0.6) is 0 Å². The minimum absolute atomic E-state index is 0.174. The van der Waals surface area contributed by atoms with E-state index >= 15 is 0 Å². The van der Waals surface area contributed by atoms with Crippen molar-refractivity contribution in [1.82, 2.24) is 24.5 Å². The smallest absolute Gasteiger partial charge is 0.349 e. The first-order chi connectivity index (χ1) is 10.2. The number of aromatic nitrogens is 4. The van der Waals surface area contributed by atoms with Crippen LogP contribution >= 0.6 is 11.3 Å². The summed E-state index contributed by atoms with van der Waals surface area (Å²) in [4.78, 5) is 28.6. The third-order valence-electron chi connectivity index (χ3n) is 3.05. The highest BCUT2D eigenvalue weighted by molar-refractivity contribution is 7.11. The average Bonchev–Trinajstić information content (AvgIpc) is 3.04. The number of carbonyl (C=O) groups excluding carboxylic acids is 1. The Morgan fingerprint density at radius 3 is 3.00 bits per heavy atom. The molecular formula is C13H13N5O2S. The molecule has 8 heteroatoms. The third kappa shape index (κ3) is 2.57. The largest absolute Gasteiger partial charge is 0.350 e. The molecule has 0 atom stereocenters. The minimum Gasteiger partial charge on any atom is -0.349 e. The number of nitrogens with one attached hydrogen (secondary N) is 1. The summed E-state index contributed by atoms with van der Waals surface area (Å²) in [6, 6.07) is 5.35. The number of nitrogens with zero attached hydrogens (tertiary/aromatic N) is 4. The highest BCUT2D eigenvalue weighted by atomic mass is 32.1. The molecule has 108 valence electrons. The quantitative estimate of drug-likeness (QED) is 0.769. The molecule has 0 radical (unpaired) electrons. The first-order valence-corrected chi connectivity index (χ1v) is 7.27. The van der Waals surface area contributed by atoms with Gasteiger partial charge >= 0.3 is 5.69 Å². The normalized spacial score (nSPS) is 10.9. The Morgan fingerprint density at radius 1 is 1.43 bits per heavy atom. The van der Waals surface area contributed by atoms with E-state index in [2.05, 4.69) is 15.4 Å². The van der Waals surface area contributed by atoms with E-state index in [1.54, 1.807) is 30.8 Å². The number of hydrogen-bond acceptors (Lipinski definition) is 5. The van der Waals surface area contributed by atoms with Gasteiger partial charge in [0.1, 0.15) is 4.88 Å². The summed E-state index contributed by atoms with van der Waals surface area (Å²) < 4.78 is 2.81. The number of fused-ring (bicyclic) bond motifs is 1. The lowest BCUT2D eigenvalue weighted by Crippen LogP contribution is -2.31. The summed E-state index contributed by atoms with van der Waals surface area (Å²) in [7, 11) is 0. The van der Waals surface area contributed by atoms with Gasteiger partial charge in [-0.05, 0) is 19.1 Å². The molecule has 0 fully saturated rings. The van der Waals surface area contributed by atoms with Gasteiger partial charge in [0.05, 0.1) is 17.7 Å². The summed E-state index contributed by atoms with van der Waals surface area (Å²) >= 11 is 1.30. The van der Waals surface area contributed by atoms with Crippen molar-refractivity contribution in [1.29, 1.82) is 0 Å². The zero-order valence-electron chi connectivity index (χ0n) is 11.3. The van der Waals surface area contributed by atoms with Gasteiger partial charge in [-0.25, -0.2) is 14.5 Å². The van der Waals surface area contributed by atoms with Crippen molar-refractivity contribution in [3.8, 4) is 0 Å². The zero-order chi connectivity index (χ0) is 14.8. The average molecular weight is 303 g/mol. The van der Waals surface area contributed by atoms with Crippen molar-refractivity contribution < 1.29 is 4.79 Å². The Kier molecular flexibility index (Phi) is 3.53. The topological polar surface area (TPSA) is 81.3 Å². The summed E-state index contributed by atoms with van der Waals surface area (Å²) in [5.41, 5.74) is 2.72. The van der Waals surface area contributed by atoms with Crippen molar-refractivity contribution in [2.24, 2.45) is 0 Å². The standard InChI is InChI=1S/C13H13N5O2S/c1-9-11(21-8-15-9)12(19)14-5-7-18-13(20)17-6-3-2-4-10(17)16-18/h2-4,6,8H,5,7H2,1H3,(H,14,19). The minimum atomic E-state index is -0.214. The third-order valence-corrected chi connectivity index (χ3v) is 3.98. The second kappa shape index (κ2) is 5.49. The number of aryl methyl sites for hydroxylation is 1. The SMILES string of the molecule is Cc1ncsc1C(=O)NCCn1nc2ccccn2c1=O. The second-order valence-corrected chi connectivity index (χ2v) is 5.31. The van der Waals surface area contributed by atoms with Gasteiger partial charge in [0, 0.05) is 12.7 Å². The summed E-state index contributed by atoms with van der Waals surface area (Å²) in [6.45, 7) is 2.45. The molecule has 0 bridgehead atoms. The molecule has 0 spiro atoms. The van der Waals surface area contributed by atoms with Crippen LogP contribution in [0.3, 0.4) is 0 Å². The van der Waals surface area contributed by atoms with Gasteiger partial charge < -0.3 is 5.32 Å². The summed E-state index contributed by atoms with van der Waals surface area (Å²) in [6.07, 6.45) is 1.67. The molecule has 3 rings (SSSR count). The monoisotopic (exact) mass is 303 g/mol. The lowest BCUT2D eigenvalue weighted by molar-refractivity contribution is 0.0955. The van der Waals surface area contributed by atoms with Gasteiger partial charge in [-0.2, -0.15) is 0 Å². The van der Waals surface area contributed by atoms with Crippen LogP contribution in [0.2, 0.25) is 0 Å². The molecule has 21 heavy (non-hydrogen) atoms. The number of rotatable bonds is 4. The molecule has 3 aromatic rings. The first kappa shape index (κ1) is 13.5. The van der Waals surface area contributed by atoms with Crippen LogP contribution in [0.15, 0.2) is 34.7 Å². The Hall–Kier alpha value is -2.48. The Balaban J connectivity index is 1.67. The number of carbonyl (C=O) groups is 1. The fourth-order valence-electron chi connectivity index (χ4n) is 1.99. The fourth-order valence-corrected chi connectivity index (χ4v) is 2.71. The van der Waals surface area contributed by atoms with Crippen molar-refractivity contribution in [3.05, 3.63) is 51.0 Å². The molecule has 7 nitrogen and oxygen atoms in total. The number of pyridine rings is 1.